The van der Waals surface area contributed by atoms with Gasteiger partial charge >= 0.3 is 0 Å². The first-order valence-electron chi connectivity index (χ1n) is 6.25. The molecule has 16 heavy (non-hydrogen) atoms. The second kappa shape index (κ2) is 5.96. The van der Waals surface area contributed by atoms with Crippen molar-refractivity contribution in [3.8, 4) is 0 Å². The molecule has 1 aliphatic rings. The Morgan fingerprint density at radius 2 is 2.19 bits per heavy atom. The van der Waals surface area contributed by atoms with E-state index >= 15 is 0 Å². The highest BCUT2D eigenvalue weighted by Gasteiger charge is 2.27. The molecule has 0 aromatic heterocycles. The molecule has 1 aliphatic heterocycles. The highest BCUT2D eigenvalue weighted by Crippen LogP contribution is 2.13. The molecule has 0 saturated carbocycles. The molecule has 0 aliphatic carbocycles. The lowest BCUT2D eigenvalue weighted by molar-refractivity contribution is -0.0493. The van der Waals surface area contributed by atoms with Gasteiger partial charge in [0.25, 0.3) is 0 Å². The van der Waals surface area contributed by atoms with E-state index in [1.165, 1.54) is 0 Å². The molecule has 4 heteroatoms. The minimum absolute atomic E-state index is 0.0534. The van der Waals surface area contributed by atoms with Gasteiger partial charge < -0.3 is 10.5 Å². The molecule has 0 spiro atoms. The van der Waals surface area contributed by atoms with Crippen molar-refractivity contribution in [1.82, 2.24) is 9.80 Å². The van der Waals surface area contributed by atoms with E-state index in [4.69, 9.17) is 10.5 Å². The Balaban J connectivity index is 2.41. The van der Waals surface area contributed by atoms with E-state index in [1.807, 2.05) is 0 Å². The number of likely N-dealkylation sites (N-methyl/N-ethyl adjacent to an activating group) is 2. The number of hydrogen-bond donors (Lipinski definition) is 1. The van der Waals surface area contributed by atoms with Gasteiger partial charge in [-0.1, -0.05) is 6.92 Å². The highest BCUT2D eigenvalue weighted by molar-refractivity contribution is 4.83. The molecule has 1 rings (SSSR count). The van der Waals surface area contributed by atoms with Gasteiger partial charge in [0.2, 0.25) is 0 Å². The Bertz CT molecular complexity index is 208. The van der Waals surface area contributed by atoms with Crippen molar-refractivity contribution < 1.29 is 4.74 Å². The van der Waals surface area contributed by atoms with Crippen LogP contribution in [-0.2, 0) is 4.74 Å². The third kappa shape index (κ3) is 3.70. The van der Waals surface area contributed by atoms with Crippen LogP contribution in [0.2, 0.25) is 0 Å². The second-order valence-corrected chi connectivity index (χ2v) is 5.28. The molecular formula is C12H27N3O. The largest absolute Gasteiger partial charge is 0.374 e. The van der Waals surface area contributed by atoms with Crippen LogP contribution in [0, 0.1) is 0 Å². The van der Waals surface area contributed by atoms with Crippen LogP contribution in [0.1, 0.15) is 20.8 Å². The second-order valence-electron chi connectivity index (χ2n) is 5.28. The molecule has 0 amide bonds. The Morgan fingerprint density at radius 3 is 2.75 bits per heavy atom. The third-order valence-corrected chi connectivity index (χ3v) is 3.68. The number of hydrogen-bond acceptors (Lipinski definition) is 4. The molecule has 0 bridgehead atoms. The van der Waals surface area contributed by atoms with Crippen LogP contribution in [0.4, 0.5) is 0 Å². The average Bonchev–Trinajstić information content (AvgIpc) is 2.29. The van der Waals surface area contributed by atoms with E-state index in [9.17, 15) is 0 Å². The van der Waals surface area contributed by atoms with Gasteiger partial charge in [-0.05, 0) is 27.4 Å². The van der Waals surface area contributed by atoms with Crippen molar-refractivity contribution in [3.63, 3.8) is 0 Å². The Hall–Kier alpha value is -0.160. The molecule has 1 heterocycles. The van der Waals surface area contributed by atoms with Crippen LogP contribution in [0.5, 0.6) is 0 Å². The van der Waals surface area contributed by atoms with Crippen molar-refractivity contribution in [1.29, 1.82) is 0 Å². The van der Waals surface area contributed by atoms with Crippen LogP contribution in [0.25, 0.3) is 0 Å². The van der Waals surface area contributed by atoms with E-state index in [-0.39, 0.29) is 5.54 Å². The normalized spacial score (nSPS) is 24.0. The van der Waals surface area contributed by atoms with Crippen LogP contribution in [0.15, 0.2) is 0 Å². The first kappa shape index (κ1) is 13.9. The van der Waals surface area contributed by atoms with Crippen molar-refractivity contribution in [2.45, 2.75) is 32.4 Å². The standard InChI is InChI=1S/C12H27N3O/c1-5-15-6-7-16-11(9-15)8-14(4)12(2,3)10-13/h11H,5-10,13H2,1-4H3. The topological polar surface area (TPSA) is 41.7 Å². The summed E-state index contributed by atoms with van der Waals surface area (Å²) in [7, 11) is 2.13. The van der Waals surface area contributed by atoms with Gasteiger partial charge in [-0.2, -0.15) is 0 Å². The number of nitrogens with two attached hydrogens (primary N) is 1. The summed E-state index contributed by atoms with van der Waals surface area (Å²) >= 11 is 0. The summed E-state index contributed by atoms with van der Waals surface area (Å²) in [5.74, 6) is 0. The molecule has 4 nitrogen and oxygen atoms in total. The zero-order valence-corrected chi connectivity index (χ0v) is 11.2. The summed E-state index contributed by atoms with van der Waals surface area (Å²) in [6.07, 6.45) is 0.324. The minimum Gasteiger partial charge on any atom is -0.374 e. The van der Waals surface area contributed by atoms with Crippen molar-refractivity contribution in [2.24, 2.45) is 5.73 Å². The third-order valence-electron chi connectivity index (χ3n) is 3.68. The van der Waals surface area contributed by atoms with E-state index in [0.29, 0.717) is 12.6 Å². The highest BCUT2D eigenvalue weighted by atomic mass is 16.5. The minimum atomic E-state index is 0.0534. The lowest BCUT2D eigenvalue weighted by atomic mass is 10.0. The van der Waals surface area contributed by atoms with Gasteiger partial charge in [0.15, 0.2) is 0 Å². The van der Waals surface area contributed by atoms with Crippen LogP contribution in [0.3, 0.4) is 0 Å². The number of morpholine rings is 1. The molecular weight excluding hydrogens is 202 g/mol. The fraction of sp³-hybridized carbons (Fsp3) is 1.00. The van der Waals surface area contributed by atoms with E-state index in [0.717, 1.165) is 32.8 Å². The first-order chi connectivity index (χ1) is 7.49. The van der Waals surface area contributed by atoms with E-state index in [1.54, 1.807) is 0 Å². The van der Waals surface area contributed by atoms with E-state index in [2.05, 4.69) is 37.6 Å². The smallest absolute Gasteiger partial charge is 0.0829 e. The van der Waals surface area contributed by atoms with Crippen LogP contribution in [-0.4, -0.2) is 67.8 Å². The van der Waals surface area contributed by atoms with Gasteiger partial charge in [-0.15, -0.1) is 0 Å². The maximum atomic E-state index is 5.80. The molecule has 96 valence electrons. The fourth-order valence-electron chi connectivity index (χ4n) is 1.89. The summed E-state index contributed by atoms with van der Waals surface area (Å²) < 4.78 is 5.80. The maximum Gasteiger partial charge on any atom is 0.0829 e. The Kier molecular flexibility index (Phi) is 5.18. The van der Waals surface area contributed by atoms with Crippen molar-refractivity contribution in [3.05, 3.63) is 0 Å². The van der Waals surface area contributed by atoms with Gasteiger partial charge in [-0.25, -0.2) is 0 Å². The first-order valence-corrected chi connectivity index (χ1v) is 6.25. The number of ether oxygens (including phenoxy) is 1. The zero-order chi connectivity index (χ0) is 12.2. The predicted molar refractivity (Wildman–Crippen MR) is 67.6 cm³/mol. The molecule has 2 N–H and O–H groups in total. The summed E-state index contributed by atoms with van der Waals surface area (Å²) in [6, 6.07) is 0. The van der Waals surface area contributed by atoms with Crippen LogP contribution >= 0.6 is 0 Å². The molecule has 0 aromatic carbocycles. The quantitative estimate of drug-likeness (QED) is 0.740. The van der Waals surface area contributed by atoms with Gasteiger partial charge in [0.05, 0.1) is 12.7 Å². The molecule has 1 fully saturated rings. The molecule has 0 radical (unpaired) electrons. The zero-order valence-electron chi connectivity index (χ0n) is 11.2. The summed E-state index contributed by atoms with van der Waals surface area (Å²) in [5.41, 5.74) is 5.83. The Labute approximate surface area is 99.7 Å². The van der Waals surface area contributed by atoms with Gasteiger partial charge in [-0.3, -0.25) is 9.80 Å². The lowest BCUT2D eigenvalue weighted by Gasteiger charge is -2.39. The molecule has 1 atom stereocenters. The summed E-state index contributed by atoms with van der Waals surface area (Å²) in [5, 5.41) is 0. The lowest BCUT2D eigenvalue weighted by Crippen LogP contribution is -2.53. The fourth-order valence-corrected chi connectivity index (χ4v) is 1.89. The van der Waals surface area contributed by atoms with Crippen molar-refractivity contribution in [2.75, 3.05) is 46.4 Å². The summed E-state index contributed by atoms with van der Waals surface area (Å²) in [6.45, 7) is 12.3. The van der Waals surface area contributed by atoms with Crippen molar-refractivity contribution >= 4 is 0 Å². The van der Waals surface area contributed by atoms with Gasteiger partial charge in [0, 0.05) is 31.7 Å². The molecule has 1 saturated heterocycles. The summed E-state index contributed by atoms with van der Waals surface area (Å²) in [4.78, 5) is 4.74. The maximum absolute atomic E-state index is 5.80. The SMILES string of the molecule is CCN1CCOC(CN(C)C(C)(C)CN)C1. The average molecular weight is 229 g/mol. The molecule has 0 aromatic rings. The van der Waals surface area contributed by atoms with E-state index < -0.39 is 0 Å². The molecule has 1 unspecified atom stereocenters. The predicted octanol–water partition coefficient (Wildman–Crippen LogP) is 0.376. The number of rotatable bonds is 5. The van der Waals surface area contributed by atoms with Gasteiger partial charge in [0.1, 0.15) is 0 Å². The van der Waals surface area contributed by atoms with Crippen LogP contribution < -0.4 is 5.73 Å². The monoisotopic (exact) mass is 229 g/mol. The Morgan fingerprint density at radius 1 is 1.50 bits per heavy atom. The number of nitrogens with zero attached hydrogens (tertiary/aromatic N) is 2.